The number of carbonyl (C=O) groups is 2. The molecule has 1 aromatic heterocycles. The second-order valence-corrected chi connectivity index (χ2v) is 10.1. The number of nitrogens with one attached hydrogen (secondary N) is 2. The number of amides is 2. The maximum absolute atomic E-state index is 13.2. The zero-order valence-corrected chi connectivity index (χ0v) is 20.8. The van der Waals surface area contributed by atoms with Crippen LogP contribution in [0.1, 0.15) is 26.0 Å². The maximum Gasteiger partial charge on any atom is 0.416 e. The van der Waals surface area contributed by atoms with Gasteiger partial charge >= 0.3 is 6.18 Å². The Bertz CT molecular complexity index is 1350. The number of anilines is 2. The molecule has 2 amide bonds. The quantitative estimate of drug-likeness (QED) is 0.230. The fraction of sp³-hybridized carbons (Fsp3) is 0.0769. The van der Waals surface area contributed by atoms with Gasteiger partial charge in [-0.05, 0) is 59.5 Å². The van der Waals surface area contributed by atoms with Crippen molar-refractivity contribution < 1.29 is 22.8 Å². The first-order valence-corrected chi connectivity index (χ1v) is 12.7. The molecule has 0 aliphatic rings. The van der Waals surface area contributed by atoms with Gasteiger partial charge in [0.2, 0.25) is 5.91 Å². The van der Waals surface area contributed by atoms with Crippen molar-refractivity contribution in [3.63, 3.8) is 0 Å². The van der Waals surface area contributed by atoms with Gasteiger partial charge < -0.3 is 10.6 Å². The lowest BCUT2D eigenvalue weighted by Gasteiger charge is -2.18. The number of halogens is 4. The summed E-state index contributed by atoms with van der Waals surface area (Å²) in [6.45, 7) is 0. The van der Waals surface area contributed by atoms with Crippen LogP contribution in [0.5, 0.6) is 0 Å². The van der Waals surface area contributed by atoms with Gasteiger partial charge in [-0.25, -0.2) is 0 Å². The number of hydrogen-bond donors (Lipinski definition) is 2. The number of rotatable bonds is 7. The van der Waals surface area contributed by atoms with E-state index in [9.17, 15) is 22.8 Å². The largest absolute Gasteiger partial charge is 0.416 e. The van der Waals surface area contributed by atoms with Gasteiger partial charge in [-0.15, -0.1) is 23.1 Å². The molecule has 0 radical (unpaired) electrons. The smallest absolute Gasteiger partial charge is 0.323 e. The molecule has 0 saturated carbocycles. The molecule has 0 aliphatic carbocycles. The standard InChI is InChI=1S/C26H18ClF3N2O2S2/c27-20-13-8-17(26(28,29)30)15-21(20)32-25(34)23(16-5-2-1-3-6-16)36-19-11-9-18(10-12-19)31-24(33)22-7-4-14-35-22/h1-15,23H,(H,31,33)(H,32,34). The average molecular weight is 547 g/mol. The lowest BCUT2D eigenvalue weighted by Crippen LogP contribution is -2.19. The molecule has 0 aliphatic heterocycles. The Hall–Kier alpha value is -3.27. The van der Waals surface area contributed by atoms with Crippen LogP contribution >= 0.6 is 34.7 Å². The Morgan fingerprint density at radius 1 is 0.889 bits per heavy atom. The van der Waals surface area contributed by atoms with Crippen LogP contribution in [0.25, 0.3) is 0 Å². The summed E-state index contributed by atoms with van der Waals surface area (Å²) in [6.07, 6.45) is -4.57. The van der Waals surface area contributed by atoms with Crippen molar-refractivity contribution in [2.75, 3.05) is 10.6 Å². The van der Waals surface area contributed by atoms with Crippen molar-refractivity contribution in [1.29, 1.82) is 0 Å². The van der Waals surface area contributed by atoms with Crippen molar-refractivity contribution in [3.8, 4) is 0 Å². The SMILES string of the molecule is O=C(Nc1ccc(SC(C(=O)Nc2cc(C(F)(F)F)ccc2Cl)c2ccccc2)cc1)c1cccs1. The molecule has 36 heavy (non-hydrogen) atoms. The molecule has 4 nitrogen and oxygen atoms in total. The lowest BCUT2D eigenvalue weighted by molar-refractivity contribution is -0.137. The van der Waals surface area contributed by atoms with Gasteiger partial charge in [0.15, 0.2) is 0 Å². The number of alkyl halides is 3. The Kier molecular flexibility index (Phi) is 8.03. The summed E-state index contributed by atoms with van der Waals surface area (Å²) in [6, 6.07) is 22.1. The van der Waals surface area contributed by atoms with E-state index in [0.717, 1.165) is 23.1 Å². The van der Waals surface area contributed by atoms with Crippen LogP contribution in [0.3, 0.4) is 0 Å². The van der Waals surface area contributed by atoms with Crippen LogP contribution < -0.4 is 10.6 Å². The molecule has 1 atom stereocenters. The summed E-state index contributed by atoms with van der Waals surface area (Å²) in [5, 5.41) is 6.40. The monoisotopic (exact) mass is 546 g/mol. The Labute approximate surface area is 218 Å². The number of benzene rings is 3. The Balaban J connectivity index is 1.53. The van der Waals surface area contributed by atoms with Crippen LogP contribution in [-0.2, 0) is 11.0 Å². The van der Waals surface area contributed by atoms with E-state index in [1.54, 1.807) is 66.7 Å². The van der Waals surface area contributed by atoms with E-state index in [0.29, 0.717) is 16.1 Å². The van der Waals surface area contributed by atoms with Crippen molar-refractivity contribution >= 4 is 57.9 Å². The summed E-state index contributed by atoms with van der Waals surface area (Å²) in [5.74, 6) is -0.743. The molecule has 2 N–H and O–H groups in total. The van der Waals surface area contributed by atoms with Crippen molar-refractivity contribution in [3.05, 3.63) is 111 Å². The highest BCUT2D eigenvalue weighted by molar-refractivity contribution is 8.00. The molecule has 0 spiro atoms. The first-order chi connectivity index (χ1) is 17.2. The number of thiophene rings is 1. The van der Waals surface area contributed by atoms with Crippen LogP contribution in [0.15, 0.2) is 95.2 Å². The highest BCUT2D eigenvalue weighted by Crippen LogP contribution is 2.38. The predicted octanol–water partition coefficient (Wildman–Crippen LogP) is 8.14. The van der Waals surface area contributed by atoms with Gasteiger partial charge in [-0.3, -0.25) is 9.59 Å². The first kappa shape index (κ1) is 25.8. The molecular formula is C26H18ClF3N2O2S2. The van der Waals surface area contributed by atoms with Crippen LogP contribution in [-0.4, -0.2) is 11.8 Å². The molecule has 3 aromatic carbocycles. The fourth-order valence-electron chi connectivity index (χ4n) is 3.25. The van der Waals surface area contributed by atoms with Crippen molar-refractivity contribution in [2.45, 2.75) is 16.3 Å². The lowest BCUT2D eigenvalue weighted by atomic mass is 10.1. The molecule has 0 fully saturated rings. The molecular weight excluding hydrogens is 529 g/mol. The Morgan fingerprint density at radius 2 is 1.61 bits per heavy atom. The molecule has 0 saturated heterocycles. The third kappa shape index (κ3) is 6.48. The van der Waals surface area contributed by atoms with Gasteiger partial charge in [-0.2, -0.15) is 13.2 Å². The first-order valence-electron chi connectivity index (χ1n) is 10.5. The average Bonchev–Trinajstić information content (AvgIpc) is 3.40. The van der Waals surface area contributed by atoms with E-state index in [-0.39, 0.29) is 16.6 Å². The second-order valence-electron chi connectivity index (χ2n) is 7.55. The fourth-order valence-corrected chi connectivity index (χ4v) is 5.06. The summed E-state index contributed by atoms with van der Waals surface area (Å²) in [5.41, 5.74) is 0.225. The highest BCUT2D eigenvalue weighted by Gasteiger charge is 2.31. The summed E-state index contributed by atoms with van der Waals surface area (Å²) >= 11 is 8.63. The molecule has 10 heteroatoms. The molecule has 0 bridgehead atoms. The molecule has 1 unspecified atom stereocenters. The molecule has 1 heterocycles. The number of thioether (sulfide) groups is 1. The zero-order valence-electron chi connectivity index (χ0n) is 18.4. The van der Waals surface area contributed by atoms with Gasteiger partial charge in [0.05, 0.1) is 21.2 Å². The van der Waals surface area contributed by atoms with Gasteiger partial charge in [0, 0.05) is 10.6 Å². The van der Waals surface area contributed by atoms with Gasteiger partial charge in [0.25, 0.3) is 5.91 Å². The summed E-state index contributed by atoms with van der Waals surface area (Å²) < 4.78 is 39.5. The summed E-state index contributed by atoms with van der Waals surface area (Å²) in [4.78, 5) is 26.8. The minimum Gasteiger partial charge on any atom is -0.323 e. The normalized spacial score (nSPS) is 12.1. The number of hydrogen-bond acceptors (Lipinski definition) is 4. The van der Waals surface area contributed by atoms with E-state index in [1.807, 2.05) is 5.38 Å². The van der Waals surface area contributed by atoms with Crippen molar-refractivity contribution in [1.82, 2.24) is 0 Å². The maximum atomic E-state index is 13.2. The third-order valence-corrected chi connectivity index (χ3v) is 7.47. The minimum atomic E-state index is -4.57. The molecule has 4 rings (SSSR count). The van der Waals surface area contributed by atoms with E-state index < -0.39 is 22.9 Å². The van der Waals surface area contributed by atoms with E-state index >= 15 is 0 Å². The molecule has 4 aromatic rings. The minimum absolute atomic E-state index is 0.000929. The van der Waals surface area contributed by atoms with Crippen LogP contribution in [0, 0.1) is 0 Å². The van der Waals surface area contributed by atoms with Crippen LogP contribution in [0.2, 0.25) is 5.02 Å². The highest BCUT2D eigenvalue weighted by atomic mass is 35.5. The van der Waals surface area contributed by atoms with E-state index in [4.69, 9.17) is 11.6 Å². The zero-order chi connectivity index (χ0) is 25.7. The Morgan fingerprint density at radius 3 is 2.25 bits per heavy atom. The van der Waals surface area contributed by atoms with Crippen LogP contribution in [0.4, 0.5) is 24.5 Å². The third-order valence-electron chi connectivity index (χ3n) is 5.00. The predicted molar refractivity (Wildman–Crippen MR) is 139 cm³/mol. The van der Waals surface area contributed by atoms with Gasteiger partial charge in [0.1, 0.15) is 5.25 Å². The van der Waals surface area contributed by atoms with Gasteiger partial charge in [-0.1, -0.05) is 48.0 Å². The molecule has 184 valence electrons. The topological polar surface area (TPSA) is 58.2 Å². The second kappa shape index (κ2) is 11.2. The van der Waals surface area contributed by atoms with Crippen molar-refractivity contribution in [2.24, 2.45) is 0 Å². The summed E-state index contributed by atoms with van der Waals surface area (Å²) in [7, 11) is 0. The number of carbonyl (C=O) groups excluding carboxylic acids is 2. The van der Waals surface area contributed by atoms with E-state index in [1.165, 1.54) is 23.1 Å². The van der Waals surface area contributed by atoms with E-state index in [2.05, 4.69) is 10.6 Å².